The second kappa shape index (κ2) is 14.8. The molecule has 0 heterocycles. The van der Waals surface area contributed by atoms with Crippen LogP contribution in [0.4, 0.5) is 18.9 Å². The Morgan fingerprint density at radius 1 is 0.796 bits per heavy atom. The first-order valence-corrected chi connectivity index (χ1v) is 16.2. The molecule has 0 bridgehead atoms. The monoisotopic (exact) mass is 663 g/mol. The Morgan fingerprint density at radius 3 is 2.35 bits per heavy atom. The van der Waals surface area contributed by atoms with Gasteiger partial charge in [0.25, 0.3) is 0 Å². The minimum atomic E-state index is -4.45. The number of fused-ring (bicyclic) bond motifs is 1. The molecule has 49 heavy (non-hydrogen) atoms. The number of nitrogens with two attached hydrogens (primary N) is 1. The van der Waals surface area contributed by atoms with Crippen LogP contribution in [0.5, 0.6) is 11.5 Å². The standard InChI is InChI=1S/C40H36F3N3O3/c41-40(42,43)32-10-6-9-31(24-32)29-17-15-27(16-18-29)26-46(36-13-3-4-14-37(36)49-33-11-5-7-28(23-33)25-44)39(48)22-21-38(47)45-35-20-19-30-8-1-2-12-34(30)35/h1-18,23-24,35H,19-22,25-26,44H2,(H,45,47). The van der Waals surface area contributed by atoms with Crippen molar-refractivity contribution >= 4 is 17.5 Å². The normalized spacial score (nSPS) is 13.8. The average Bonchev–Trinajstić information content (AvgIpc) is 3.52. The molecule has 0 saturated carbocycles. The minimum absolute atomic E-state index is 0.00402. The number of hydrogen-bond donors (Lipinski definition) is 2. The first-order chi connectivity index (χ1) is 23.7. The number of nitrogens with zero attached hydrogens (tertiary/aromatic N) is 1. The summed E-state index contributed by atoms with van der Waals surface area (Å²) < 4.78 is 46.3. The van der Waals surface area contributed by atoms with Crippen LogP contribution in [0, 0.1) is 0 Å². The molecule has 0 saturated heterocycles. The number of nitrogens with one attached hydrogen (secondary N) is 1. The summed E-state index contributed by atoms with van der Waals surface area (Å²) in [5.41, 5.74) is 10.6. The van der Waals surface area contributed by atoms with Gasteiger partial charge in [-0.25, -0.2) is 0 Å². The summed E-state index contributed by atoms with van der Waals surface area (Å²) in [6.07, 6.45) is -2.77. The van der Waals surface area contributed by atoms with Gasteiger partial charge in [0, 0.05) is 19.4 Å². The summed E-state index contributed by atoms with van der Waals surface area (Å²) in [7, 11) is 0. The smallest absolute Gasteiger partial charge is 0.416 e. The number of hydrogen-bond acceptors (Lipinski definition) is 4. The van der Waals surface area contributed by atoms with Crippen molar-refractivity contribution in [2.24, 2.45) is 5.73 Å². The van der Waals surface area contributed by atoms with E-state index >= 15 is 0 Å². The molecule has 6 rings (SSSR count). The van der Waals surface area contributed by atoms with Crippen molar-refractivity contribution in [3.63, 3.8) is 0 Å². The summed E-state index contributed by atoms with van der Waals surface area (Å²) in [6, 6.07) is 34.7. The lowest BCUT2D eigenvalue weighted by Crippen LogP contribution is -2.33. The molecule has 1 aliphatic rings. The van der Waals surface area contributed by atoms with Crippen molar-refractivity contribution in [2.75, 3.05) is 4.90 Å². The number of carbonyl (C=O) groups is 2. The topological polar surface area (TPSA) is 84.7 Å². The van der Waals surface area contributed by atoms with E-state index in [4.69, 9.17) is 10.5 Å². The number of rotatable bonds is 11. The van der Waals surface area contributed by atoms with E-state index in [1.807, 2.05) is 42.5 Å². The molecule has 5 aromatic rings. The third-order valence-electron chi connectivity index (χ3n) is 8.67. The third-order valence-corrected chi connectivity index (χ3v) is 8.67. The second-order valence-corrected chi connectivity index (χ2v) is 12.0. The molecule has 9 heteroatoms. The van der Waals surface area contributed by atoms with Gasteiger partial charge >= 0.3 is 6.18 Å². The molecular weight excluding hydrogens is 627 g/mol. The highest BCUT2D eigenvalue weighted by Crippen LogP contribution is 2.36. The summed E-state index contributed by atoms with van der Waals surface area (Å²) in [5.74, 6) is 0.515. The number of amides is 2. The van der Waals surface area contributed by atoms with Crippen LogP contribution >= 0.6 is 0 Å². The molecule has 250 valence electrons. The van der Waals surface area contributed by atoms with E-state index in [-0.39, 0.29) is 37.2 Å². The van der Waals surface area contributed by atoms with Gasteiger partial charge in [-0.05, 0) is 82.6 Å². The molecule has 1 atom stereocenters. The largest absolute Gasteiger partial charge is 0.455 e. The maximum atomic E-state index is 14.0. The number of alkyl halides is 3. The van der Waals surface area contributed by atoms with Crippen LogP contribution in [0.1, 0.15) is 53.1 Å². The summed E-state index contributed by atoms with van der Waals surface area (Å²) in [5, 5.41) is 3.09. The van der Waals surface area contributed by atoms with Crippen molar-refractivity contribution in [3.8, 4) is 22.6 Å². The van der Waals surface area contributed by atoms with Gasteiger partial charge in [0.15, 0.2) is 5.75 Å². The minimum Gasteiger partial charge on any atom is -0.455 e. The lowest BCUT2D eigenvalue weighted by atomic mass is 10.0. The summed E-state index contributed by atoms with van der Waals surface area (Å²) in [6.45, 7) is 0.483. The van der Waals surface area contributed by atoms with E-state index in [0.717, 1.165) is 41.7 Å². The highest BCUT2D eigenvalue weighted by atomic mass is 19.4. The van der Waals surface area contributed by atoms with Crippen molar-refractivity contribution in [3.05, 3.63) is 149 Å². The molecule has 3 N–H and O–H groups in total. The Morgan fingerprint density at radius 2 is 1.55 bits per heavy atom. The van der Waals surface area contributed by atoms with Gasteiger partial charge in [-0.2, -0.15) is 13.2 Å². The Bertz CT molecular complexity index is 1940. The number of halogens is 3. The van der Waals surface area contributed by atoms with Crippen LogP contribution in [0.3, 0.4) is 0 Å². The van der Waals surface area contributed by atoms with Crippen LogP contribution < -0.4 is 20.7 Å². The third kappa shape index (κ3) is 8.18. The van der Waals surface area contributed by atoms with Gasteiger partial charge in [0.1, 0.15) is 5.75 Å². The first kappa shape index (κ1) is 33.5. The Hall–Kier alpha value is -5.41. The van der Waals surface area contributed by atoms with Crippen molar-refractivity contribution in [1.82, 2.24) is 5.32 Å². The van der Waals surface area contributed by atoms with Crippen LogP contribution in [0.25, 0.3) is 11.1 Å². The predicted molar refractivity (Wildman–Crippen MR) is 184 cm³/mol. The Balaban J connectivity index is 1.23. The number of carbonyl (C=O) groups excluding carboxylic acids is 2. The predicted octanol–water partition coefficient (Wildman–Crippen LogP) is 8.74. The van der Waals surface area contributed by atoms with Crippen molar-refractivity contribution in [1.29, 1.82) is 0 Å². The van der Waals surface area contributed by atoms with Crippen LogP contribution in [0.2, 0.25) is 0 Å². The van der Waals surface area contributed by atoms with E-state index < -0.39 is 11.7 Å². The average molecular weight is 664 g/mol. The number of benzene rings is 5. The molecular formula is C40H36F3N3O3. The SMILES string of the molecule is NCc1cccc(Oc2ccccc2N(Cc2ccc(-c3cccc(C(F)(F)F)c3)cc2)C(=O)CCC(=O)NC2CCc3ccccc32)c1. The quantitative estimate of drug-likeness (QED) is 0.148. The number of aryl methyl sites for hydroxylation is 1. The van der Waals surface area contributed by atoms with E-state index in [1.54, 1.807) is 59.5 Å². The van der Waals surface area contributed by atoms with Gasteiger partial charge in [-0.15, -0.1) is 0 Å². The molecule has 1 unspecified atom stereocenters. The van der Waals surface area contributed by atoms with Crippen LogP contribution in [-0.2, 0) is 35.3 Å². The zero-order valence-corrected chi connectivity index (χ0v) is 26.8. The molecule has 2 amide bonds. The zero-order chi connectivity index (χ0) is 34.4. The zero-order valence-electron chi connectivity index (χ0n) is 26.8. The molecule has 0 aromatic heterocycles. The van der Waals surface area contributed by atoms with E-state index in [2.05, 4.69) is 11.4 Å². The number of para-hydroxylation sites is 2. The summed E-state index contributed by atoms with van der Waals surface area (Å²) >= 11 is 0. The lowest BCUT2D eigenvalue weighted by Gasteiger charge is -2.26. The van der Waals surface area contributed by atoms with Gasteiger partial charge < -0.3 is 20.7 Å². The second-order valence-electron chi connectivity index (χ2n) is 12.0. The van der Waals surface area contributed by atoms with Gasteiger partial charge in [-0.3, -0.25) is 9.59 Å². The number of anilines is 1. The Labute approximate surface area is 283 Å². The lowest BCUT2D eigenvalue weighted by molar-refractivity contribution is -0.137. The van der Waals surface area contributed by atoms with Gasteiger partial charge in [0.2, 0.25) is 11.8 Å². The fourth-order valence-corrected chi connectivity index (χ4v) is 6.13. The molecule has 0 aliphatic heterocycles. The number of ether oxygens (including phenoxy) is 1. The summed E-state index contributed by atoms with van der Waals surface area (Å²) in [4.78, 5) is 28.6. The highest BCUT2D eigenvalue weighted by Gasteiger charge is 2.30. The van der Waals surface area contributed by atoms with Crippen molar-refractivity contribution < 1.29 is 27.5 Å². The maximum absolute atomic E-state index is 14.0. The molecule has 5 aromatic carbocycles. The molecule has 0 spiro atoms. The molecule has 0 fully saturated rings. The maximum Gasteiger partial charge on any atom is 0.416 e. The molecule has 1 aliphatic carbocycles. The van der Waals surface area contributed by atoms with Crippen molar-refractivity contribution in [2.45, 2.75) is 51.0 Å². The van der Waals surface area contributed by atoms with Crippen LogP contribution in [-0.4, -0.2) is 11.8 Å². The van der Waals surface area contributed by atoms with Crippen LogP contribution in [0.15, 0.2) is 121 Å². The van der Waals surface area contributed by atoms with Gasteiger partial charge in [-0.1, -0.05) is 84.9 Å². The van der Waals surface area contributed by atoms with E-state index in [1.165, 1.54) is 11.6 Å². The fraction of sp³-hybridized carbons (Fsp3) is 0.200. The Kier molecular flexibility index (Phi) is 10.1. The fourth-order valence-electron chi connectivity index (χ4n) is 6.13. The first-order valence-electron chi connectivity index (χ1n) is 16.2. The van der Waals surface area contributed by atoms with E-state index in [9.17, 15) is 22.8 Å². The molecule has 6 nitrogen and oxygen atoms in total. The highest BCUT2D eigenvalue weighted by molar-refractivity contribution is 5.96. The van der Waals surface area contributed by atoms with Gasteiger partial charge in [0.05, 0.1) is 23.8 Å². The molecule has 0 radical (unpaired) electrons. The van der Waals surface area contributed by atoms with E-state index in [0.29, 0.717) is 34.9 Å².